The van der Waals surface area contributed by atoms with Crippen LogP contribution in [0.5, 0.6) is 5.88 Å². The number of pyridine rings is 1. The second-order valence-electron chi connectivity index (χ2n) is 1.83. The van der Waals surface area contributed by atoms with Gasteiger partial charge in [-0.1, -0.05) is 19.9 Å². The molecule has 0 aromatic carbocycles. The van der Waals surface area contributed by atoms with E-state index in [1.165, 1.54) is 0 Å². The second kappa shape index (κ2) is 5.71. The molecule has 1 aromatic rings. The number of ether oxygens (including phenoxy) is 1. The lowest BCUT2D eigenvalue weighted by molar-refractivity contribution is 0.394. The van der Waals surface area contributed by atoms with Crippen molar-refractivity contribution >= 4 is 0 Å². The first kappa shape index (κ1) is 9.95. The molecule has 2 nitrogen and oxygen atoms in total. The highest BCUT2D eigenvalue weighted by Gasteiger charge is 1.92. The van der Waals surface area contributed by atoms with Gasteiger partial charge >= 0.3 is 0 Å². The molecule has 62 valence electrons. The molecule has 1 heterocycles. The lowest BCUT2D eigenvalue weighted by Crippen LogP contribution is -1.88. The largest absolute Gasteiger partial charge is 0.481 e. The molecule has 0 unspecified atom stereocenters. The van der Waals surface area contributed by atoms with E-state index in [-0.39, 0.29) is 0 Å². The number of aromatic nitrogens is 1. The molecule has 0 N–H and O–H groups in total. The van der Waals surface area contributed by atoms with E-state index >= 15 is 0 Å². The summed E-state index contributed by atoms with van der Waals surface area (Å²) < 4.78 is 4.93. The van der Waals surface area contributed by atoms with Crippen molar-refractivity contribution in [2.45, 2.75) is 20.8 Å². The van der Waals surface area contributed by atoms with E-state index in [1.807, 2.05) is 32.9 Å². The van der Waals surface area contributed by atoms with Crippen molar-refractivity contribution in [2.24, 2.45) is 0 Å². The number of hydrogen-bond donors (Lipinski definition) is 0. The average Bonchev–Trinajstić information content (AvgIpc) is 2.09. The van der Waals surface area contributed by atoms with Gasteiger partial charge in [0.15, 0.2) is 0 Å². The summed E-state index contributed by atoms with van der Waals surface area (Å²) in [6.45, 7) is 5.96. The minimum atomic E-state index is 0.706. The van der Waals surface area contributed by atoms with Crippen LogP contribution >= 0.6 is 0 Å². The van der Waals surface area contributed by atoms with Crippen LogP contribution in [0.15, 0.2) is 18.3 Å². The smallest absolute Gasteiger partial charge is 0.215 e. The normalized spacial score (nSPS) is 8.00. The van der Waals surface area contributed by atoms with Crippen molar-refractivity contribution in [1.29, 1.82) is 0 Å². The van der Waals surface area contributed by atoms with Gasteiger partial charge in [-0.15, -0.1) is 0 Å². The molecule has 2 heteroatoms. The van der Waals surface area contributed by atoms with E-state index in [4.69, 9.17) is 4.74 Å². The molecule has 0 amide bonds. The van der Waals surface area contributed by atoms with Crippen LogP contribution in [-0.4, -0.2) is 12.1 Å². The Balaban J connectivity index is 0.000000461. The Morgan fingerprint density at radius 1 is 1.36 bits per heavy atom. The topological polar surface area (TPSA) is 22.1 Å². The van der Waals surface area contributed by atoms with Gasteiger partial charge in [-0.25, -0.2) is 4.98 Å². The molecule has 11 heavy (non-hydrogen) atoms. The predicted molar refractivity (Wildman–Crippen MR) is 46.9 cm³/mol. The van der Waals surface area contributed by atoms with Crippen LogP contribution in [-0.2, 0) is 0 Å². The Hall–Kier alpha value is -1.05. The molecule has 0 aliphatic carbocycles. The summed E-state index contributed by atoms with van der Waals surface area (Å²) in [7, 11) is 1.62. The third-order valence-corrected chi connectivity index (χ3v) is 1.15. The maximum Gasteiger partial charge on any atom is 0.215 e. The van der Waals surface area contributed by atoms with Gasteiger partial charge in [-0.05, 0) is 13.0 Å². The van der Waals surface area contributed by atoms with E-state index in [2.05, 4.69) is 4.98 Å². The van der Waals surface area contributed by atoms with Crippen LogP contribution in [0.25, 0.3) is 0 Å². The van der Waals surface area contributed by atoms with Crippen LogP contribution in [0.4, 0.5) is 0 Å². The Labute approximate surface area is 68.2 Å². The van der Waals surface area contributed by atoms with Crippen LogP contribution in [0.2, 0.25) is 0 Å². The molecule has 1 rings (SSSR count). The molecule has 1 aromatic heterocycles. The predicted octanol–water partition coefficient (Wildman–Crippen LogP) is 2.42. The molecule has 0 fully saturated rings. The van der Waals surface area contributed by atoms with Crippen molar-refractivity contribution in [1.82, 2.24) is 4.98 Å². The van der Waals surface area contributed by atoms with Gasteiger partial charge in [0.2, 0.25) is 5.88 Å². The number of nitrogens with zero attached hydrogens (tertiary/aromatic N) is 1. The van der Waals surface area contributed by atoms with Gasteiger partial charge in [0.1, 0.15) is 0 Å². The lowest BCUT2D eigenvalue weighted by Gasteiger charge is -1.99. The first-order valence-electron chi connectivity index (χ1n) is 3.80. The maximum atomic E-state index is 4.93. The molecule has 0 radical (unpaired) electrons. The van der Waals surface area contributed by atoms with Crippen LogP contribution in [0.3, 0.4) is 0 Å². The molecule has 0 aliphatic heterocycles. The summed E-state index contributed by atoms with van der Waals surface area (Å²) >= 11 is 0. The minimum Gasteiger partial charge on any atom is -0.481 e. The zero-order chi connectivity index (χ0) is 8.69. The Bertz CT molecular complexity index is 199. The summed E-state index contributed by atoms with van der Waals surface area (Å²) in [5.41, 5.74) is 1.07. The molecule has 0 atom stereocenters. The third-order valence-electron chi connectivity index (χ3n) is 1.15. The monoisotopic (exact) mass is 153 g/mol. The quantitative estimate of drug-likeness (QED) is 0.618. The van der Waals surface area contributed by atoms with Crippen molar-refractivity contribution in [3.8, 4) is 5.88 Å². The third kappa shape index (κ3) is 3.03. The maximum absolute atomic E-state index is 4.93. The molecule has 0 bridgehead atoms. The van der Waals surface area contributed by atoms with E-state index in [0.29, 0.717) is 5.88 Å². The van der Waals surface area contributed by atoms with E-state index in [1.54, 1.807) is 13.3 Å². The Kier molecular flexibility index (Phi) is 5.17. The average molecular weight is 153 g/mol. The highest BCUT2D eigenvalue weighted by atomic mass is 16.5. The van der Waals surface area contributed by atoms with E-state index in [0.717, 1.165) is 5.56 Å². The van der Waals surface area contributed by atoms with Crippen molar-refractivity contribution < 1.29 is 4.74 Å². The van der Waals surface area contributed by atoms with Gasteiger partial charge in [-0.3, -0.25) is 0 Å². The van der Waals surface area contributed by atoms with Gasteiger partial charge in [0, 0.05) is 11.8 Å². The fourth-order valence-electron chi connectivity index (χ4n) is 0.685. The highest BCUT2D eigenvalue weighted by Crippen LogP contribution is 2.09. The number of aryl methyl sites for hydroxylation is 1. The van der Waals surface area contributed by atoms with Crippen molar-refractivity contribution in [2.75, 3.05) is 7.11 Å². The first-order valence-corrected chi connectivity index (χ1v) is 3.80. The number of rotatable bonds is 1. The molecule has 0 aliphatic rings. The zero-order valence-electron chi connectivity index (χ0n) is 7.59. The summed E-state index contributed by atoms with van der Waals surface area (Å²) in [5.74, 6) is 0.706. The van der Waals surface area contributed by atoms with Crippen LogP contribution in [0, 0.1) is 6.92 Å². The van der Waals surface area contributed by atoms with Gasteiger partial charge in [-0.2, -0.15) is 0 Å². The van der Waals surface area contributed by atoms with Gasteiger partial charge < -0.3 is 4.74 Å². The summed E-state index contributed by atoms with van der Waals surface area (Å²) in [6.07, 6.45) is 1.71. The fraction of sp³-hybridized carbons (Fsp3) is 0.444. The van der Waals surface area contributed by atoms with E-state index in [9.17, 15) is 0 Å². The number of methoxy groups -OCH3 is 1. The summed E-state index contributed by atoms with van der Waals surface area (Å²) in [4.78, 5) is 3.97. The molecule has 0 saturated carbocycles. The molecular formula is C9H15NO. The van der Waals surface area contributed by atoms with Crippen LogP contribution < -0.4 is 4.74 Å². The van der Waals surface area contributed by atoms with Gasteiger partial charge in [0.05, 0.1) is 7.11 Å². The summed E-state index contributed by atoms with van der Waals surface area (Å²) in [5, 5.41) is 0. The Morgan fingerprint density at radius 2 is 2.00 bits per heavy atom. The van der Waals surface area contributed by atoms with Crippen molar-refractivity contribution in [3.63, 3.8) is 0 Å². The second-order valence-corrected chi connectivity index (χ2v) is 1.83. The zero-order valence-corrected chi connectivity index (χ0v) is 7.59. The lowest BCUT2D eigenvalue weighted by atomic mass is 10.3. The number of hydrogen-bond acceptors (Lipinski definition) is 2. The summed E-state index contributed by atoms with van der Waals surface area (Å²) in [6, 6.07) is 3.85. The highest BCUT2D eigenvalue weighted by molar-refractivity contribution is 5.22. The van der Waals surface area contributed by atoms with Crippen molar-refractivity contribution in [3.05, 3.63) is 23.9 Å². The SMILES string of the molecule is CC.COc1ncccc1C. The molecule has 0 saturated heterocycles. The standard InChI is InChI=1S/C7H9NO.C2H6/c1-6-4-3-5-8-7(6)9-2;1-2/h3-5H,1-2H3;1-2H3. The van der Waals surface area contributed by atoms with Gasteiger partial charge in [0.25, 0.3) is 0 Å². The van der Waals surface area contributed by atoms with Crippen LogP contribution in [0.1, 0.15) is 19.4 Å². The fourth-order valence-corrected chi connectivity index (χ4v) is 0.685. The first-order chi connectivity index (χ1) is 5.34. The minimum absolute atomic E-state index is 0.706. The van der Waals surface area contributed by atoms with E-state index < -0.39 is 0 Å². The molecular weight excluding hydrogens is 138 g/mol. The Morgan fingerprint density at radius 3 is 2.36 bits per heavy atom. The molecule has 0 spiro atoms.